The van der Waals surface area contributed by atoms with E-state index >= 15 is 0 Å². The van der Waals surface area contributed by atoms with E-state index in [0.29, 0.717) is 6.61 Å². The van der Waals surface area contributed by atoms with Gasteiger partial charge in [0.25, 0.3) is 0 Å². The van der Waals surface area contributed by atoms with Gasteiger partial charge in [-0.1, -0.05) is 97.4 Å². The highest BCUT2D eigenvalue weighted by Gasteiger charge is 2.22. The second-order valence-corrected chi connectivity index (χ2v) is 8.74. The van der Waals surface area contributed by atoms with Crippen molar-refractivity contribution in [2.45, 2.75) is 37.4 Å². The number of amides is 1. The van der Waals surface area contributed by atoms with Crippen molar-refractivity contribution in [3.8, 4) is 0 Å². The van der Waals surface area contributed by atoms with Crippen LogP contribution in [-0.2, 0) is 4.74 Å². The number of nitrogens with one attached hydrogen (secondary N) is 1. The molecule has 1 fully saturated rings. The van der Waals surface area contributed by atoms with Gasteiger partial charge in [-0.3, -0.25) is 0 Å². The summed E-state index contributed by atoms with van der Waals surface area (Å²) in [7, 11) is 0. The highest BCUT2D eigenvalue weighted by Crippen LogP contribution is 2.16. The molecule has 4 rings (SSSR count). The largest absolute Gasteiger partial charge is 0.447 e. The summed E-state index contributed by atoms with van der Waals surface area (Å²) in [5.74, 6) is 0. The number of benzene rings is 3. The minimum absolute atomic E-state index is 0.00398. The maximum atomic E-state index is 10.7. The lowest BCUT2D eigenvalue weighted by atomic mass is 10.1. The van der Waals surface area contributed by atoms with E-state index in [2.05, 4.69) is 5.32 Å². The molecule has 1 aliphatic heterocycles. The maximum absolute atomic E-state index is 10.7. The fraction of sp³-hybridized carbons (Fsp3) is 0.367. The minimum Gasteiger partial charge on any atom is -0.447 e. The number of rotatable bonds is 9. The van der Waals surface area contributed by atoms with Crippen LogP contribution >= 0.6 is 0 Å². The predicted molar refractivity (Wildman–Crippen MR) is 157 cm³/mol. The van der Waals surface area contributed by atoms with Gasteiger partial charge in [0.1, 0.15) is 6.61 Å². The van der Waals surface area contributed by atoms with Gasteiger partial charge in [0.2, 0.25) is 0 Å². The van der Waals surface area contributed by atoms with E-state index in [4.69, 9.17) is 37.9 Å². The van der Waals surface area contributed by atoms with E-state index in [-0.39, 0.29) is 37.4 Å². The van der Waals surface area contributed by atoms with Crippen LogP contribution in [0, 0.1) is 0 Å². The average molecular weight is 540 g/mol. The number of aliphatic hydroxyl groups excluding tert-OH is 2. The van der Waals surface area contributed by atoms with Crippen LogP contribution in [-0.4, -0.2) is 49.2 Å². The van der Waals surface area contributed by atoms with Crippen LogP contribution in [0.15, 0.2) is 91.0 Å². The number of hydrogen-bond acceptors (Lipinski definition) is 8. The number of cyclic esters (lactones) is 1. The van der Waals surface area contributed by atoms with Crippen LogP contribution in [0.1, 0.15) is 54.1 Å². The summed E-state index contributed by atoms with van der Waals surface area (Å²) < 4.78 is 4.77. The summed E-state index contributed by atoms with van der Waals surface area (Å²) >= 11 is 0. The summed E-state index contributed by atoms with van der Waals surface area (Å²) in [6.07, 6.45) is 3.10. The molecule has 0 unspecified atom stereocenters. The normalized spacial score (nSPS) is 15.0. The van der Waals surface area contributed by atoms with Gasteiger partial charge < -0.3 is 43.2 Å². The van der Waals surface area contributed by atoms with Gasteiger partial charge in [-0.2, -0.15) is 0 Å². The van der Waals surface area contributed by atoms with Gasteiger partial charge >= 0.3 is 6.09 Å². The Morgan fingerprint density at radius 2 is 1.13 bits per heavy atom. The summed E-state index contributed by atoms with van der Waals surface area (Å²) in [5, 5.41) is 20.0. The first kappa shape index (κ1) is 33.7. The van der Waals surface area contributed by atoms with Gasteiger partial charge in [0.15, 0.2) is 0 Å². The molecule has 9 heteroatoms. The highest BCUT2D eigenvalue weighted by atomic mass is 16.6. The van der Waals surface area contributed by atoms with Crippen molar-refractivity contribution in [3.63, 3.8) is 0 Å². The predicted octanol–water partition coefficient (Wildman–Crippen LogP) is 2.90. The number of aliphatic hydroxyl groups is 2. The topological polar surface area (TPSA) is 183 Å². The fourth-order valence-electron chi connectivity index (χ4n) is 3.33. The van der Waals surface area contributed by atoms with Crippen LogP contribution in [0.3, 0.4) is 0 Å². The summed E-state index contributed by atoms with van der Waals surface area (Å²) in [6, 6.07) is 28.4. The van der Waals surface area contributed by atoms with Crippen LogP contribution in [0.4, 0.5) is 4.79 Å². The molecule has 1 amide bonds. The third-order valence-corrected chi connectivity index (χ3v) is 5.63. The lowest BCUT2D eigenvalue weighted by Crippen LogP contribution is -2.17. The van der Waals surface area contributed by atoms with Crippen molar-refractivity contribution in [2.75, 3.05) is 32.9 Å². The maximum Gasteiger partial charge on any atom is 0.407 e. The Kier molecular flexibility index (Phi) is 18.7. The molecule has 3 atom stereocenters. The number of nitrogens with two attached hydrogens (primary N) is 4. The molecule has 0 spiro atoms. The van der Waals surface area contributed by atoms with Crippen molar-refractivity contribution in [3.05, 3.63) is 108 Å². The van der Waals surface area contributed by atoms with Crippen molar-refractivity contribution in [1.82, 2.24) is 5.32 Å². The molecule has 0 saturated carbocycles. The number of hydrogen-bond donors (Lipinski definition) is 7. The third kappa shape index (κ3) is 15.0. The van der Waals surface area contributed by atoms with E-state index in [0.717, 1.165) is 42.6 Å². The Morgan fingerprint density at radius 1 is 0.718 bits per heavy atom. The second kappa shape index (κ2) is 21.6. The van der Waals surface area contributed by atoms with E-state index in [1.165, 1.54) is 6.42 Å². The number of ether oxygens (including phenoxy) is 1. The zero-order chi connectivity index (χ0) is 28.7. The molecule has 1 aliphatic rings. The lowest BCUT2D eigenvalue weighted by Gasteiger charge is -2.06. The summed E-state index contributed by atoms with van der Waals surface area (Å²) in [5.41, 5.74) is 24.6. The second-order valence-electron chi connectivity index (χ2n) is 8.74. The molecule has 39 heavy (non-hydrogen) atoms. The minimum atomic E-state index is -0.330. The Morgan fingerprint density at radius 3 is 1.46 bits per heavy atom. The van der Waals surface area contributed by atoms with E-state index in [1.807, 2.05) is 91.0 Å². The first-order valence-electron chi connectivity index (χ1n) is 13.2. The van der Waals surface area contributed by atoms with Gasteiger partial charge in [-0.25, -0.2) is 4.79 Å². The molecule has 1 heterocycles. The molecule has 0 bridgehead atoms. The first-order chi connectivity index (χ1) is 19.0. The zero-order valence-corrected chi connectivity index (χ0v) is 22.6. The van der Waals surface area contributed by atoms with Gasteiger partial charge in [-0.15, -0.1) is 0 Å². The monoisotopic (exact) mass is 539 g/mol. The number of unbranched alkanes of at least 4 members (excludes halogenated alkanes) is 2. The first-order valence-corrected chi connectivity index (χ1v) is 13.2. The molecular weight excluding hydrogens is 494 g/mol. The molecule has 11 N–H and O–H groups in total. The van der Waals surface area contributed by atoms with Crippen LogP contribution < -0.4 is 28.3 Å². The molecule has 3 aromatic rings. The standard InChI is InChI=1S/C9H9NO2.2C8H11NO.C5H14N2/c11-9-10-8(6-12-9)7-4-2-1-3-5-7;2*9-8(6-10)7-4-2-1-3-5-7;6-4-2-1-3-5-7/h1-5,8H,6H2,(H,10,11);2*1-5,8,10H,6,9H2;1-7H2/t3*8-;/m000./s1. The Balaban J connectivity index is 0.000000265. The van der Waals surface area contributed by atoms with E-state index in [1.54, 1.807) is 0 Å². The molecular formula is C30H45N5O4. The van der Waals surface area contributed by atoms with Crippen molar-refractivity contribution in [2.24, 2.45) is 22.9 Å². The Hall–Kier alpha value is -3.31. The zero-order valence-electron chi connectivity index (χ0n) is 22.6. The molecule has 0 aromatic heterocycles. The third-order valence-electron chi connectivity index (χ3n) is 5.63. The SMILES string of the molecule is NCCCCCN.N[C@@H](CO)c1ccccc1.N[C@@H](CO)c1ccccc1.O=C1N[C@H](c2ccccc2)CO1. The number of carbonyl (C=O) groups is 1. The Bertz CT molecular complexity index is 931. The van der Waals surface area contributed by atoms with Crippen LogP contribution in [0.5, 0.6) is 0 Å². The van der Waals surface area contributed by atoms with E-state index < -0.39 is 0 Å². The van der Waals surface area contributed by atoms with E-state index in [9.17, 15) is 4.79 Å². The van der Waals surface area contributed by atoms with Gasteiger partial charge in [0, 0.05) is 0 Å². The van der Waals surface area contributed by atoms with Crippen LogP contribution in [0.25, 0.3) is 0 Å². The quantitative estimate of drug-likeness (QED) is 0.202. The molecule has 3 aromatic carbocycles. The molecule has 0 radical (unpaired) electrons. The van der Waals surface area contributed by atoms with Gasteiger partial charge in [0.05, 0.1) is 31.3 Å². The smallest absolute Gasteiger partial charge is 0.407 e. The molecule has 1 saturated heterocycles. The number of alkyl carbamates (subject to hydrolysis) is 1. The Labute approximate surface area is 232 Å². The van der Waals surface area contributed by atoms with Gasteiger partial charge in [-0.05, 0) is 42.6 Å². The van der Waals surface area contributed by atoms with Crippen LogP contribution in [0.2, 0.25) is 0 Å². The molecule has 214 valence electrons. The molecule has 0 aliphatic carbocycles. The summed E-state index contributed by atoms with van der Waals surface area (Å²) in [4.78, 5) is 10.7. The molecule has 9 nitrogen and oxygen atoms in total. The van der Waals surface area contributed by atoms with Crippen molar-refractivity contribution < 1.29 is 19.7 Å². The fourth-order valence-corrected chi connectivity index (χ4v) is 3.33. The summed E-state index contributed by atoms with van der Waals surface area (Å²) in [6.45, 7) is 2.05. The van der Waals surface area contributed by atoms with Crippen molar-refractivity contribution >= 4 is 6.09 Å². The highest BCUT2D eigenvalue weighted by molar-refractivity contribution is 5.70. The van der Waals surface area contributed by atoms with Crippen molar-refractivity contribution in [1.29, 1.82) is 0 Å². The lowest BCUT2D eigenvalue weighted by molar-refractivity contribution is 0.177. The average Bonchev–Trinajstić information content (AvgIpc) is 3.45. The number of carbonyl (C=O) groups excluding carboxylic acids is 1.